The summed E-state index contributed by atoms with van der Waals surface area (Å²) in [7, 11) is 0. The van der Waals surface area contributed by atoms with Gasteiger partial charge in [-0.25, -0.2) is 15.0 Å². The molecule has 1 radical (unpaired) electrons. The van der Waals surface area contributed by atoms with Crippen LogP contribution in [-0.2, 0) is 0 Å². The summed E-state index contributed by atoms with van der Waals surface area (Å²) in [6, 6.07) is 4.04. The second-order valence-corrected chi connectivity index (χ2v) is 6.04. The van der Waals surface area contributed by atoms with Gasteiger partial charge in [-0.15, -0.1) is 11.3 Å². The predicted octanol–water partition coefficient (Wildman–Crippen LogP) is 4.14. The number of oxazole rings is 1. The van der Waals surface area contributed by atoms with Crippen molar-refractivity contribution in [2.75, 3.05) is 0 Å². The van der Waals surface area contributed by atoms with Crippen LogP contribution < -0.4 is 0 Å². The van der Waals surface area contributed by atoms with Gasteiger partial charge in [0.25, 0.3) is 0 Å². The number of H-pyrrole nitrogens is 2. The third-order valence-corrected chi connectivity index (χ3v) is 4.63. The number of fused-ring (bicyclic) bond motifs is 1. The van der Waals surface area contributed by atoms with E-state index in [9.17, 15) is 0 Å². The Hall–Kier alpha value is -3.19. The molecule has 7 heteroatoms. The van der Waals surface area contributed by atoms with Gasteiger partial charge in [-0.2, -0.15) is 0 Å². The fourth-order valence-electron chi connectivity index (χ4n) is 2.84. The van der Waals surface area contributed by atoms with Crippen molar-refractivity contribution in [3.8, 4) is 33.4 Å². The maximum Gasteiger partial charge on any atom is 0.227 e. The second-order valence-electron chi connectivity index (χ2n) is 5.15. The van der Waals surface area contributed by atoms with Crippen molar-refractivity contribution < 1.29 is 4.42 Å². The Balaban J connectivity index is 1.91. The molecule has 4 aromatic heterocycles. The van der Waals surface area contributed by atoms with Crippen molar-refractivity contribution in [3.05, 3.63) is 54.8 Å². The van der Waals surface area contributed by atoms with E-state index >= 15 is 0 Å². The van der Waals surface area contributed by atoms with Crippen LogP contribution in [0.2, 0.25) is 0 Å². The molecule has 0 bridgehead atoms. The highest BCUT2D eigenvalue weighted by Gasteiger charge is 2.21. The van der Waals surface area contributed by atoms with Gasteiger partial charge in [0.15, 0.2) is 0 Å². The molecular formula is C17H10N5OS. The molecule has 0 aliphatic carbocycles. The minimum Gasteiger partial charge on any atom is -0.444 e. The number of imidazole rings is 1. The number of thiazole rings is 1. The van der Waals surface area contributed by atoms with E-state index in [1.807, 2.05) is 17.5 Å². The van der Waals surface area contributed by atoms with Crippen LogP contribution in [-0.4, -0.2) is 24.9 Å². The zero-order chi connectivity index (χ0) is 15.9. The molecule has 5 rings (SSSR count). The minimum absolute atomic E-state index is 0.548. The van der Waals surface area contributed by atoms with Gasteiger partial charge in [0.2, 0.25) is 5.89 Å². The average molecular weight is 332 g/mol. The Morgan fingerprint density at radius 2 is 2.08 bits per heavy atom. The Morgan fingerprint density at radius 3 is 2.83 bits per heavy atom. The smallest absolute Gasteiger partial charge is 0.227 e. The van der Waals surface area contributed by atoms with E-state index in [4.69, 9.17) is 4.42 Å². The van der Waals surface area contributed by atoms with Gasteiger partial charge < -0.3 is 14.4 Å². The first-order valence-electron chi connectivity index (χ1n) is 7.27. The summed E-state index contributed by atoms with van der Waals surface area (Å²) in [4.78, 5) is 19.5. The normalized spacial score (nSPS) is 11.3. The van der Waals surface area contributed by atoms with Crippen LogP contribution in [0, 0.1) is 6.20 Å². The fraction of sp³-hybridized carbons (Fsp3) is 0. The summed E-state index contributed by atoms with van der Waals surface area (Å²) in [5.74, 6) is 1.29. The van der Waals surface area contributed by atoms with Crippen molar-refractivity contribution in [3.63, 3.8) is 0 Å². The molecule has 24 heavy (non-hydrogen) atoms. The van der Waals surface area contributed by atoms with Gasteiger partial charge in [-0.05, 0) is 12.1 Å². The van der Waals surface area contributed by atoms with Gasteiger partial charge in [0.1, 0.15) is 17.1 Å². The monoisotopic (exact) mass is 332 g/mol. The molecule has 1 aromatic carbocycles. The number of benzene rings is 1. The summed E-state index contributed by atoms with van der Waals surface area (Å²) in [6.45, 7) is 0. The lowest BCUT2D eigenvalue weighted by Crippen LogP contribution is -1.88. The zero-order valence-corrected chi connectivity index (χ0v) is 13.1. The molecule has 4 heterocycles. The maximum atomic E-state index is 5.62. The first-order valence-corrected chi connectivity index (χ1v) is 8.15. The van der Waals surface area contributed by atoms with Crippen LogP contribution in [0.15, 0.2) is 53.0 Å². The van der Waals surface area contributed by atoms with Crippen molar-refractivity contribution in [2.45, 2.75) is 0 Å². The molecule has 6 nitrogen and oxygen atoms in total. The van der Waals surface area contributed by atoms with E-state index in [-0.39, 0.29) is 0 Å². The number of rotatable bonds is 3. The molecule has 5 aromatic rings. The fourth-order valence-corrected chi connectivity index (χ4v) is 3.51. The summed E-state index contributed by atoms with van der Waals surface area (Å²) in [5, 5.41) is 3.83. The third kappa shape index (κ3) is 1.92. The van der Waals surface area contributed by atoms with Crippen LogP contribution >= 0.6 is 11.3 Å². The molecule has 2 N–H and O–H groups in total. The molecule has 0 spiro atoms. The molecule has 115 valence electrons. The summed E-state index contributed by atoms with van der Waals surface area (Å²) in [5.41, 5.74) is 3.65. The van der Waals surface area contributed by atoms with E-state index in [1.165, 1.54) is 0 Å². The Kier molecular flexibility index (Phi) is 2.86. The van der Waals surface area contributed by atoms with Crippen molar-refractivity contribution in [1.82, 2.24) is 24.9 Å². The van der Waals surface area contributed by atoms with Crippen LogP contribution in [0.3, 0.4) is 0 Å². The Labute approximate surface area is 140 Å². The van der Waals surface area contributed by atoms with E-state index in [2.05, 4.69) is 31.1 Å². The molecule has 0 atom stereocenters. The highest BCUT2D eigenvalue weighted by molar-refractivity contribution is 7.13. The van der Waals surface area contributed by atoms with Crippen molar-refractivity contribution in [2.24, 2.45) is 0 Å². The molecular weight excluding hydrogens is 322 g/mol. The average Bonchev–Trinajstić information content (AvgIpc) is 3.42. The second kappa shape index (κ2) is 5.17. The van der Waals surface area contributed by atoms with Crippen LogP contribution in [0.25, 0.3) is 44.3 Å². The first-order chi connectivity index (χ1) is 11.9. The zero-order valence-electron chi connectivity index (χ0n) is 12.3. The molecule has 0 saturated carbocycles. The van der Waals surface area contributed by atoms with E-state index in [0.29, 0.717) is 5.89 Å². The lowest BCUT2D eigenvalue weighted by atomic mass is 10.00. The van der Waals surface area contributed by atoms with Gasteiger partial charge in [-0.1, -0.05) is 0 Å². The predicted molar refractivity (Wildman–Crippen MR) is 91.3 cm³/mol. The van der Waals surface area contributed by atoms with Crippen LogP contribution in [0.1, 0.15) is 0 Å². The molecule has 0 aliphatic rings. The first kappa shape index (κ1) is 13.3. The number of aromatic nitrogens is 5. The van der Waals surface area contributed by atoms with E-state index in [0.717, 1.165) is 38.4 Å². The Bertz CT molecular complexity index is 1090. The number of nitrogens with zero attached hydrogens (tertiary/aromatic N) is 3. The number of hydrogen-bond donors (Lipinski definition) is 2. The van der Waals surface area contributed by atoms with Crippen molar-refractivity contribution >= 4 is 22.2 Å². The van der Waals surface area contributed by atoms with E-state index in [1.54, 1.807) is 42.4 Å². The SMILES string of the molecule is [c]1[nH]c2ccc(-c3nccs3)c(-c3ncco3)c2c1-c1ncc[nH]1. The van der Waals surface area contributed by atoms with Gasteiger partial charge in [0, 0.05) is 40.4 Å². The van der Waals surface area contributed by atoms with Gasteiger partial charge in [-0.3, -0.25) is 0 Å². The topological polar surface area (TPSA) is 83.4 Å². The summed E-state index contributed by atoms with van der Waals surface area (Å²) in [6.07, 6.45) is 11.7. The number of hydrogen-bond acceptors (Lipinski definition) is 5. The molecule has 0 aliphatic heterocycles. The molecule has 0 unspecified atom stereocenters. The van der Waals surface area contributed by atoms with Crippen molar-refractivity contribution in [1.29, 1.82) is 0 Å². The number of nitrogens with one attached hydrogen (secondary N) is 2. The third-order valence-electron chi connectivity index (χ3n) is 3.82. The Morgan fingerprint density at radius 1 is 1.08 bits per heavy atom. The number of aromatic amines is 2. The lowest BCUT2D eigenvalue weighted by Gasteiger charge is -2.07. The molecule has 0 saturated heterocycles. The highest BCUT2D eigenvalue weighted by Crippen LogP contribution is 2.41. The quantitative estimate of drug-likeness (QED) is 0.520. The van der Waals surface area contributed by atoms with Crippen LogP contribution in [0.4, 0.5) is 0 Å². The summed E-state index contributed by atoms with van der Waals surface area (Å²) >= 11 is 1.58. The largest absolute Gasteiger partial charge is 0.444 e. The van der Waals surface area contributed by atoms with Crippen LogP contribution in [0.5, 0.6) is 0 Å². The van der Waals surface area contributed by atoms with E-state index < -0.39 is 0 Å². The highest BCUT2D eigenvalue weighted by atomic mass is 32.1. The lowest BCUT2D eigenvalue weighted by molar-refractivity contribution is 0.575. The standard InChI is InChI=1S/C17H10N5OS/c1-2-12-13(11(9-22-12)15-18-3-4-19-15)14(16-20-5-7-23-16)10(1)17-21-6-8-24-17/h1-8,22H,(H,18,19). The van der Waals surface area contributed by atoms with Gasteiger partial charge >= 0.3 is 0 Å². The van der Waals surface area contributed by atoms with Gasteiger partial charge in [0.05, 0.1) is 23.5 Å². The maximum absolute atomic E-state index is 5.62. The molecule has 0 fully saturated rings. The minimum atomic E-state index is 0.548. The summed E-state index contributed by atoms with van der Waals surface area (Å²) < 4.78 is 5.62. The molecule has 0 amide bonds.